The number of carbonyl (C=O) groups is 1. The Kier molecular flexibility index (Phi) is 4.47. The molecule has 4 nitrogen and oxygen atoms in total. The summed E-state index contributed by atoms with van der Waals surface area (Å²) >= 11 is 0. The fourth-order valence-corrected chi connectivity index (χ4v) is 2.23. The summed E-state index contributed by atoms with van der Waals surface area (Å²) in [6.07, 6.45) is -0.130. The highest BCUT2D eigenvalue weighted by atomic mass is 19.1. The van der Waals surface area contributed by atoms with E-state index in [4.69, 9.17) is 14.6 Å². The third kappa shape index (κ3) is 3.21. The van der Waals surface area contributed by atoms with E-state index in [0.29, 0.717) is 35.8 Å². The van der Waals surface area contributed by atoms with Crippen LogP contribution in [0.1, 0.15) is 37.6 Å². The van der Waals surface area contributed by atoms with Crippen molar-refractivity contribution in [1.82, 2.24) is 0 Å². The van der Waals surface area contributed by atoms with Crippen molar-refractivity contribution in [3.05, 3.63) is 23.3 Å². The summed E-state index contributed by atoms with van der Waals surface area (Å²) in [5, 5.41) is 9.01. The molecular formula is C15H19FO4. The van der Waals surface area contributed by atoms with Gasteiger partial charge in [0.15, 0.2) is 11.5 Å². The van der Waals surface area contributed by atoms with E-state index in [1.165, 1.54) is 6.92 Å². The lowest BCUT2D eigenvalue weighted by Crippen LogP contribution is -2.14. The average Bonchev–Trinajstić information content (AvgIpc) is 2.62. The van der Waals surface area contributed by atoms with Gasteiger partial charge in [-0.3, -0.25) is 4.79 Å². The third-order valence-electron chi connectivity index (χ3n) is 3.39. The van der Waals surface area contributed by atoms with Crippen LogP contribution in [-0.4, -0.2) is 24.3 Å². The lowest BCUT2D eigenvalue weighted by molar-refractivity contribution is -0.141. The Morgan fingerprint density at radius 2 is 1.90 bits per heavy atom. The second-order valence-corrected chi connectivity index (χ2v) is 5.11. The minimum atomic E-state index is -1.18. The second kappa shape index (κ2) is 6.11. The lowest BCUT2D eigenvalue weighted by Gasteiger charge is -2.17. The predicted octanol–water partition coefficient (Wildman–Crippen LogP) is 3.14. The van der Waals surface area contributed by atoms with Gasteiger partial charge >= 0.3 is 5.97 Å². The van der Waals surface area contributed by atoms with Gasteiger partial charge in [-0.15, -0.1) is 0 Å². The van der Waals surface area contributed by atoms with Crippen LogP contribution in [0.3, 0.4) is 0 Å². The van der Waals surface area contributed by atoms with E-state index in [2.05, 4.69) is 0 Å². The van der Waals surface area contributed by atoms with Gasteiger partial charge < -0.3 is 14.6 Å². The van der Waals surface area contributed by atoms with Crippen LogP contribution in [0.2, 0.25) is 0 Å². The highest BCUT2D eigenvalue weighted by Gasteiger charge is 2.21. The van der Waals surface area contributed by atoms with Crippen LogP contribution in [0.4, 0.5) is 4.39 Å². The number of alkyl halides is 1. The number of carboxylic acids is 1. The van der Waals surface area contributed by atoms with Gasteiger partial charge in [-0.25, -0.2) is 4.39 Å². The number of hydrogen-bond acceptors (Lipinski definition) is 3. The highest BCUT2D eigenvalue weighted by Crippen LogP contribution is 2.36. The maximum atomic E-state index is 13.8. The van der Waals surface area contributed by atoms with Gasteiger partial charge in [0.25, 0.3) is 0 Å². The molecule has 1 N–H and O–H groups in total. The molecule has 0 fully saturated rings. The molecule has 1 aliphatic heterocycles. The van der Waals surface area contributed by atoms with Crippen LogP contribution in [0, 0.1) is 5.92 Å². The third-order valence-corrected chi connectivity index (χ3v) is 3.39. The number of benzene rings is 1. The smallest absolute Gasteiger partial charge is 0.306 e. The van der Waals surface area contributed by atoms with Crippen molar-refractivity contribution in [2.75, 3.05) is 13.2 Å². The van der Waals surface area contributed by atoms with E-state index < -0.39 is 18.1 Å². The molecule has 2 atom stereocenters. The van der Waals surface area contributed by atoms with Crippen molar-refractivity contribution < 1.29 is 23.8 Å². The monoisotopic (exact) mass is 282 g/mol. The van der Waals surface area contributed by atoms with Gasteiger partial charge in [-0.1, -0.05) is 6.92 Å². The molecule has 1 aliphatic rings. The van der Waals surface area contributed by atoms with Gasteiger partial charge in [-0.2, -0.15) is 0 Å². The van der Waals surface area contributed by atoms with Gasteiger partial charge in [0.05, 0.1) is 19.1 Å². The Morgan fingerprint density at radius 3 is 2.45 bits per heavy atom. The minimum Gasteiger partial charge on any atom is -0.490 e. The summed E-state index contributed by atoms with van der Waals surface area (Å²) in [5.74, 6) is -0.361. The second-order valence-electron chi connectivity index (χ2n) is 5.11. The molecule has 20 heavy (non-hydrogen) atoms. The van der Waals surface area contributed by atoms with E-state index in [1.807, 2.05) is 0 Å². The van der Waals surface area contributed by atoms with Crippen molar-refractivity contribution in [2.24, 2.45) is 5.92 Å². The number of rotatable bonds is 4. The highest BCUT2D eigenvalue weighted by molar-refractivity contribution is 5.70. The molecule has 0 aliphatic carbocycles. The van der Waals surface area contributed by atoms with Crippen LogP contribution in [0.25, 0.3) is 0 Å². The Morgan fingerprint density at radius 1 is 1.30 bits per heavy atom. The van der Waals surface area contributed by atoms with Crippen LogP contribution >= 0.6 is 0 Å². The molecule has 0 bridgehead atoms. The molecule has 0 saturated heterocycles. The Balaban J connectivity index is 2.38. The van der Waals surface area contributed by atoms with E-state index >= 15 is 0 Å². The quantitative estimate of drug-likeness (QED) is 0.921. The van der Waals surface area contributed by atoms with Crippen LogP contribution < -0.4 is 9.47 Å². The molecule has 0 aromatic heterocycles. The van der Waals surface area contributed by atoms with E-state index in [0.717, 1.165) is 6.42 Å². The topological polar surface area (TPSA) is 55.8 Å². The zero-order valence-corrected chi connectivity index (χ0v) is 11.7. The normalized spacial score (nSPS) is 17.1. The molecule has 2 unspecified atom stereocenters. The van der Waals surface area contributed by atoms with E-state index in [1.54, 1.807) is 19.1 Å². The Labute approximate surface area is 117 Å². The van der Waals surface area contributed by atoms with Crippen LogP contribution in [0.15, 0.2) is 12.1 Å². The maximum Gasteiger partial charge on any atom is 0.306 e. The molecule has 110 valence electrons. The molecule has 1 aromatic carbocycles. The first-order chi connectivity index (χ1) is 9.49. The number of ether oxygens (including phenoxy) is 2. The first kappa shape index (κ1) is 14.6. The summed E-state index contributed by atoms with van der Waals surface area (Å²) in [5.41, 5.74) is 1.14. The molecule has 0 amide bonds. The van der Waals surface area contributed by atoms with Gasteiger partial charge in [-0.05, 0) is 36.6 Å². The summed E-state index contributed by atoms with van der Waals surface area (Å²) in [4.78, 5) is 11.0. The van der Waals surface area contributed by atoms with Crippen LogP contribution in [-0.2, 0) is 11.2 Å². The standard InChI is InChI=1S/C15H19FO4/c1-9(15(17)18)6-11-7-13-14(8-12(11)10(2)16)20-5-3-4-19-13/h7-10H,3-6H2,1-2H3,(H,17,18). The number of carboxylic acid groups (broad SMARTS) is 1. The Bertz CT molecular complexity index is 499. The summed E-state index contributed by atoms with van der Waals surface area (Å²) < 4.78 is 24.9. The van der Waals surface area contributed by atoms with Crippen molar-refractivity contribution in [3.8, 4) is 11.5 Å². The van der Waals surface area contributed by atoms with Crippen molar-refractivity contribution in [1.29, 1.82) is 0 Å². The predicted molar refractivity (Wildman–Crippen MR) is 72.1 cm³/mol. The molecule has 0 saturated carbocycles. The summed E-state index contributed by atoms with van der Waals surface area (Å²) in [6, 6.07) is 3.35. The fourth-order valence-electron chi connectivity index (χ4n) is 2.23. The Hall–Kier alpha value is -1.78. The molecule has 0 spiro atoms. The zero-order chi connectivity index (χ0) is 14.7. The zero-order valence-electron chi connectivity index (χ0n) is 11.7. The van der Waals surface area contributed by atoms with Crippen molar-refractivity contribution in [2.45, 2.75) is 32.9 Å². The number of halogens is 1. The fraction of sp³-hybridized carbons (Fsp3) is 0.533. The molecular weight excluding hydrogens is 263 g/mol. The summed E-state index contributed by atoms with van der Waals surface area (Å²) in [7, 11) is 0. The first-order valence-corrected chi connectivity index (χ1v) is 6.78. The van der Waals surface area contributed by atoms with E-state index in [-0.39, 0.29) is 6.42 Å². The molecule has 2 rings (SSSR count). The SMILES string of the molecule is CC(Cc1cc2c(cc1C(C)F)OCCCO2)C(=O)O. The largest absolute Gasteiger partial charge is 0.490 e. The number of hydrogen-bond donors (Lipinski definition) is 1. The molecule has 1 aromatic rings. The summed E-state index contributed by atoms with van der Waals surface area (Å²) in [6.45, 7) is 4.13. The molecule has 1 heterocycles. The van der Waals surface area contributed by atoms with Crippen molar-refractivity contribution in [3.63, 3.8) is 0 Å². The average molecular weight is 282 g/mol. The maximum absolute atomic E-state index is 13.8. The number of fused-ring (bicyclic) bond motifs is 1. The van der Waals surface area contributed by atoms with Gasteiger partial charge in [0, 0.05) is 6.42 Å². The first-order valence-electron chi connectivity index (χ1n) is 6.78. The number of aliphatic carboxylic acids is 1. The van der Waals surface area contributed by atoms with E-state index in [9.17, 15) is 9.18 Å². The lowest BCUT2D eigenvalue weighted by atomic mass is 9.94. The van der Waals surface area contributed by atoms with Gasteiger partial charge in [0.1, 0.15) is 6.17 Å². The minimum absolute atomic E-state index is 0.273. The molecule has 0 radical (unpaired) electrons. The molecule has 5 heteroatoms. The van der Waals surface area contributed by atoms with Crippen LogP contribution in [0.5, 0.6) is 11.5 Å². The van der Waals surface area contributed by atoms with Crippen molar-refractivity contribution >= 4 is 5.97 Å². The van der Waals surface area contributed by atoms with Gasteiger partial charge in [0.2, 0.25) is 0 Å².